The van der Waals surface area contributed by atoms with Crippen molar-refractivity contribution in [2.24, 2.45) is 0 Å². The second kappa shape index (κ2) is 4.99. The summed E-state index contributed by atoms with van der Waals surface area (Å²) in [6, 6.07) is 5.87. The van der Waals surface area contributed by atoms with E-state index in [9.17, 15) is 0 Å². The lowest BCUT2D eigenvalue weighted by molar-refractivity contribution is 0.415. The first-order valence-corrected chi connectivity index (χ1v) is 5.83. The molecular formula is C13H17N3O. The van der Waals surface area contributed by atoms with Crippen LogP contribution in [0.25, 0.3) is 10.9 Å². The Hall–Kier alpha value is -1.84. The zero-order chi connectivity index (χ0) is 12.3. The molecule has 0 amide bonds. The van der Waals surface area contributed by atoms with Gasteiger partial charge in [0.1, 0.15) is 17.9 Å². The van der Waals surface area contributed by atoms with Gasteiger partial charge in [0, 0.05) is 18.5 Å². The quantitative estimate of drug-likeness (QED) is 0.810. The Morgan fingerprint density at radius 3 is 2.59 bits per heavy atom. The molecule has 17 heavy (non-hydrogen) atoms. The van der Waals surface area contributed by atoms with Crippen molar-refractivity contribution >= 4 is 16.7 Å². The molecule has 0 unspecified atom stereocenters. The van der Waals surface area contributed by atoms with Crippen LogP contribution in [0, 0.1) is 0 Å². The van der Waals surface area contributed by atoms with Gasteiger partial charge in [0.15, 0.2) is 0 Å². The number of ether oxygens (including phenoxy) is 1. The summed E-state index contributed by atoms with van der Waals surface area (Å²) in [7, 11) is 1.67. The number of anilines is 1. The van der Waals surface area contributed by atoms with Gasteiger partial charge in [-0.15, -0.1) is 0 Å². The standard InChI is InChI=1S/C13H17N3O/c1-4-16(5-2)13-11-8-10(17-3)6-7-12(11)14-9-15-13/h6-9H,4-5H2,1-3H3. The van der Waals surface area contributed by atoms with Gasteiger partial charge < -0.3 is 9.64 Å². The molecule has 0 bridgehead atoms. The Labute approximate surface area is 101 Å². The topological polar surface area (TPSA) is 38.2 Å². The van der Waals surface area contributed by atoms with E-state index in [1.807, 2.05) is 18.2 Å². The number of methoxy groups -OCH3 is 1. The molecule has 1 heterocycles. The minimum Gasteiger partial charge on any atom is -0.497 e. The first-order chi connectivity index (χ1) is 8.30. The van der Waals surface area contributed by atoms with Gasteiger partial charge in [0.2, 0.25) is 0 Å². The van der Waals surface area contributed by atoms with Crippen LogP contribution >= 0.6 is 0 Å². The molecule has 0 aliphatic carbocycles. The maximum atomic E-state index is 5.25. The van der Waals surface area contributed by atoms with Crippen LogP contribution in [0.3, 0.4) is 0 Å². The monoisotopic (exact) mass is 231 g/mol. The molecule has 0 radical (unpaired) electrons. The minimum atomic E-state index is 0.834. The molecule has 0 saturated carbocycles. The first kappa shape index (κ1) is 11.6. The number of fused-ring (bicyclic) bond motifs is 1. The molecule has 1 aromatic carbocycles. The lowest BCUT2D eigenvalue weighted by atomic mass is 10.2. The Bertz CT molecular complexity index is 509. The average molecular weight is 231 g/mol. The largest absolute Gasteiger partial charge is 0.497 e. The maximum absolute atomic E-state index is 5.25. The predicted molar refractivity (Wildman–Crippen MR) is 69.7 cm³/mol. The third-order valence-corrected chi connectivity index (χ3v) is 2.88. The molecule has 0 aliphatic rings. The van der Waals surface area contributed by atoms with Crippen LogP contribution in [-0.4, -0.2) is 30.2 Å². The minimum absolute atomic E-state index is 0.834. The predicted octanol–water partition coefficient (Wildman–Crippen LogP) is 2.48. The highest BCUT2D eigenvalue weighted by Crippen LogP contribution is 2.26. The van der Waals surface area contributed by atoms with Gasteiger partial charge in [-0.1, -0.05) is 0 Å². The van der Waals surface area contributed by atoms with Crippen LogP contribution in [0.1, 0.15) is 13.8 Å². The average Bonchev–Trinajstić information content (AvgIpc) is 2.40. The third-order valence-electron chi connectivity index (χ3n) is 2.88. The molecule has 0 atom stereocenters. The van der Waals surface area contributed by atoms with Crippen molar-refractivity contribution in [3.63, 3.8) is 0 Å². The van der Waals surface area contributed by atoms with Crippen molar-refractivity contribution in [2.45, 2.75) is 13.8 Å². The molecule has 90 valence electrons. The Kier molecular flexibility index (Phi) is 3.42. The van der Waals surface area contributed by atoms with E-state index in [1.165, 1.54) is 0 Å². The Morgan fingerprint density at radius 2 is 1.94 bits per heavy atom. The van der Waals surface area contributed by atoms with Crippen molar-refractivity contribution < 1.29 is 4.74 Å². The molecule has 4 heteroatoms. The van der Waals surface area contributed by atoms with Crippen LogP contribution in [0.15, 0.2) is 24.5 Å². The molecule has 0 saturated heterocycles. The van der Waals surface area contributed by atoms with E-state index in [0.29, 0.717) is 0 Å². The summed E-state index contributed by atoms with van der Waals surface area (Å²) < 4.78 is 5.25. The summed E-state index contributed by atoms with van der Waals surface area (Å²) in [6.45, 7) is 6.11. The highest BCUT2D eigenvalue weighted by Gasteiger charge is 2.09. The molecule has 2 rings (SSSR count). The van der Waals surface area contributed by atoms with Gasteiger partial charge in [-0.05, 0) is 32.0 Å². The van der Waals surface area contributed by atoms with E-state index < -0.39 is 0 Å². The summed E-state index contributed by atoms with van der Waals surface area (Å²) in [4.78, 5) is 10.9. The van der Waals surface area contributed by atoms with Crippen LogP contribution in [0.4, 0.5) is 5.82 Å². The zero-order valence-corrected chi connectivity index (χ0v) is 10.5. The Morgan fingerprint density at radius 1 is 1.18 bits per heavy atom. The van der Waals surface area contributed by atoms with E-state index in [1.54, 1.807) is 13.4 Å². The lowest BCUT2D eigenvalue weighted by Gasteiger charge is -2.21. The van der Waals surface area contributed by atoms with Crippen molar-refractivity contribution in [1.29, 1.82) is 0 Å². The smallest absolute Gasteiger partial charge is 0.139 e. The van der Waals surface area contributed by atoms with Gasteiger partial charge in [-0.25, -0.2) is 9.97 Å². The summed E-state index contributed by atoms with van der Waals surface area (Å²) >= 11 is 0. The maximum Gasteiger partial charge on any atom is 0.139 e. The molecule has 1 aromatic heterocycles. The van der Waals surface area contributed by atoms with Gasteiger partial charge >= 0.3 is 0 Å². The first-order valence-electron chi connectivity index (χ1n) is 5.83. The fourth-order valence-electron chi connectivity index (χ4n) is 1.92. The molecule has 0 spiro atoms. The summed E-state index contributed by atoms with van der Waals surface area (Å²) in [5.41, 5.74) is 0.947. The van der Waals surface area contributed by atoms with Crippen LogP contribution < -0.4 is 9.64 Å². The van der Waals surface area contributed by atoms with E-state index >= 15 is 0 Å². The molecular weight excluding hydrogens is 214 g/mol. The normalized spacial score (nSPS) is 10.5. The summed E-state index contributed by atoms with van der Waals surface area (Å²) in [5.74, 6) is 1.81. The lowest BCUT2D eigenvalue weighted by Crippen LogP contribution is -2.23. The molecule has 2 aromatic rings. The van der Waals surface area contributed by atoms with E-state index in [4.69, 9.17) is 4.74 Å². The number of benzene rings is 1. The zero-order valence-electron chi connectivity index (χ0n) is 10.5. The van der Waals surface area contributed by atoms with Crippen molar-refractivity contribution in [3.05, 3.63) is 24.5 Å². The van der Waals surface area contributed by atoms with Crippen LogP contribution in [0.5, 0.6) is 5.75 Å². The number of hydrogen-bond acceptors (Lipinski definition) is 4. The molecule has 0 fully saturated rings. The highest BCUT2D eigenvalue weighted by molar-refractivity contribution is 5.90. The fourth-order valence-corrected chi connectivity index (χ4v) is 1.92. The third kappa shape index (κ3) is 2.16. The second-order valence-corrected chi connectivity index (χ2v) is 3.75. The van der Waals surface area contributed by atoms with Crippen molar-refractivity contribution in [1.82, 2.24) is 9.97 Å². The van der Waals surface area contributed by atoms with Crippen LogP contribution in [-0.2, 0) is 0 Å². The molecule has 0 aliphatic heterocycles. The summed E-state index contributed by atoms with van der Waals surface area (Å²) in [5, 5.41) is 1.04. The number of hydrogen-bond donors (Lipinski definition) is 0. The second-order valence-electron chi connectivity index (χ2n) is 3.75. The van der Waals surface area contributed by atoms with E-state index in [-0.39, 0.29) is 0 Å². The fraction of sp³-hybridized carbons (Fsp3) is 0.385. The number of rotatable bonds is 4. The van der Waals surface area contributed by atoms with Crippen molar-refractivity contribution in [2.75, 3.05) is 25.1 Å². The number of aromatic nitrogens is 2. The summed E-state index contributed by atoms with van der Waals surface area (Å²) in [6.07, 6.45) is 1.61. The van der Waals surface area contributed by atoms with Gasteiger partial charge in [-0.3, -0.25) is 0 Å². The van der Waals surface area contributed by atoms with Crippen LogP contribution in [0.2, 0.25) is 0 Å². The van der Waals surface area contributed by atoms with E-state index in [0.717, 1.165) is 35.6 Å². The Balaban J connectivity index is 2.61. The number of nitrogens with zero attached hydrogens (tertiary/aromatic N) is 3. The molecule has 0 N–H and O–H groups in total. The van der Waals surface area contributed by atoms with E-state index in [2.05, 4.69) is 28.7 Å². The van der Waals surface area contributed by atoms with Crippen molar-refractivity contribution in [3.8, 4) is 5.75 Å². The van der Waals surface area contributed by atoms with Gasteiger partial charge in [0.05, 0.1) is 12.6 Å². The van der Waals surface area contributed by atoms with Gasteiger partial charge in [-0.2, -0.15) is 0 Å². The molecule has 4 nitrogen and oxygen atoms in total. The van der Waals surface area contributed by atoms with Gasteiger partial charge in [0.25, 0.3) is 0 Å². The highest BCUT2D eigenvalue weighted by atomic mass is 16.5. The SMILES string of the molecule is CCN(CC)c1ncnc2ccc(OC)cc12.